The van der Waals surface area contributed by atoms with Crippen molar-refractivity contribution < 1.29 is 33.7 Å². The van der Waals surface area contributed by atoms with E-state index < -0.39 is 24.3 Å². The van der Waals surface area contributed by atoms with E-state index in [0.717, 1.165) is 0 Å². The van der Waals surface area contributed by atoms with E-state index in [4.69, 9.17) is 14.6 Å². The SMILES string of the molecule is C=C(CC(=O)OC(=O)Cc1cc(OC)ccc1OC)C(=O)O. The summed E-state index contributed by atoms with van der Waals surface area (Å²) in [7, 11) is 2.92. The summed E-state index contributed by atoms with van der Waals surface area (Å²) in [6, 6.07) is 4.87. The number of aliphatic carboxylic acids is 1. The maximum atomic E-state index is 11.7. The van der Waals surface area contributed by atoms with Gasteiger partial charge in [0.25, 0.3) is 0 Å². The predicted molar refractivity (Wildman–Crippen MR) is 75.7 cm³/mol. The standard InChI is InChI=1S/C15H16O7/c1-9(15(18)19)6-13(16)22-14(17)8-10-7-11(20-2)4-5-12(10)21-3/h4-5,7H,1,6,8H2,2-3H3,(H,18,19). The Kier molecular flexibility index (Phi) is 6.12. The third-order valence-electron chi connectivity index (χ3n) is 2.71. The second kappa shape index (κ2) is 7.82. The van der Waals surface area contributed by atoms with Crippen LogP contribution in [0, 0.1) is 0 Å². The van der Waals surface area contributed by atoms with Crippen molar-refractivity contribution in [1.82, 2.24) is 0 Å². The summed E-state index contributed by atoms with van der Waals surface area (Å²) >= 11 is 0. The Morgan fingerprint density at radius 3 is 2.36 bits per heavy atom. The second-order valence-corrected chi connectivity index (χ2v) is 4.29. The van der Waals surface area contributed by atoms with Crippen LogP contribution in [0.5, 0.6) is 11.5 Å². The van der Waals surface area contributed by atoms with E-state index in [1.807, 2.05) is 0 Å². The lowest BCUT2D eigenvalue weighted by Gasteiger charge is -2.10. The number of hydrogen-bond acceptors (Lipinski definition) is 6. The molecule has 1 N–H and O–H groups in total. The first kappa shape index (κ1) is 17.2. The molecule has 0 aliphatic rings. The lowest BCUT2D eigenvalue weighted by Crippen LogP contribution is -2.16. The summed E-state index contributed by atoms with van der Waals surface area (Å²) in [6.45, 7) is 3.19. The van der Waals surface area contributed by atoms with Crippen molar-refractivity contribution in [1.29, 1.82) is 0 Å². The van der Waals surface area contributed by atoms with Gasteiger partial charge in [-0.1, -0.05) is 6.58 Å². The van der Waals surface area contributed by atoms with E-state index in [2.05, 4.69) is 11.3 Å². The van der Waals surface area contributed by atoms with Gasteiger partial charge in [-0.25, -0.2) is 4.79 Å². The first-order chi connectivity index (χ1) is 10.4. The van der Waals surface area contributed by atoms with Crippen LogP contribution in [0.1, 0.15) is 12.0 Å². The molecule has 22 heavy (non-hydrogen) atoms. The van der Waals surface area contributed by atoms with Gasteiger partial charge in [-0.15, -0.1) is 0 Å². The Morgan fingerprint density at radius 2 is 1.82 bits per heavy atom. The zero-order valence-corrected chi connectivity index (χ0v) is 12.3. The summed E-state index contributed by atoms with van der Waals surface area (Å²) in [5.74, 6) is -2.15. The fourth-order valence-corrected chi connectivity index (χ4v) is 1.62. The first-order valence-corrected chi connectivity index (χ1v) is 6.22. The highest BCUT2D eigenvalue weighted by Gasteiger charge is 2.17. The number of carbonyl (C=O) groups is 3. The van der Waals surface area contributed by atoms with E-state index in [1.165, 1.54) is 14.2 Å². The van der Waals surface area contributed by atoms with Gasteiger partial charge in [-0.3, -0.25) is 9.59 Å². The maximum Gasteiger partial charge on any atom is 0.331 e. The van der Waals surface area contributed by atoms with Crippen LogP contribution in [0.2, 0.25) is 0 Å². The number of benzene rings is 1. The van der Waals surface area contributed by atoms with Gasteiger partial charge in [0.1, 0.15) is 11.5 Å². The highest BCUT2D eigenvalue weighted by Crippen LogP contribution is 2.24. The molecule has 118 valence electrons. The number of ether oxygens (including phenoxy) is 3. The van der Waals surface area contributed by atoms with E-state index in [-0.39, 0.29) is 12.0 Å². The molecule has 1 aromatic rings. The van der Waals surface area contributed by atoms with Gasteiger partial charge in [-0.2, -0.15) is 0 Å². The molecule has 0 bridgehead atoms. The average Bonchev–Trinajstić information content (AvgIpc) is 2.46. The van der Waals surface area contributed by atoms with Crippen LogP contribution < -0.4 is 9.47 Å². The quantitative estimate of drug-likeness (QED) is 0.461. The van der Waals surface area contributed by atoms with Crippen molar-refractivity contribution in [2.75, 3.05) is 14.2 Å². The van der Waals surface area contributed by atoms with Crippen LogP contribution in [0.3, 0.4) is 0 Å². The zero-order valence-electron chi connectivity index (χ0n) is 12.3. The average molecular weight is 308 g/mol. The van der Waals surface area contributed by atoms with E-state index >= 15 is 0 Å². The highest BCUT2D eigenvalue weighted by molar-refractivity contribution is 5.95. The molecule has 0 saturated heterocycles. The monoisotopic (exact) mass is 308 g/mol. The third-order valence-corrected chi connectivity index (χ3v) is 2.71. The molecule has 0 amide bonds. The second-order valence-electron chi connectivity index (χ2n) is 4.29. The van der Waals surface area contributed by atoms with Crippen LogP contribution in [0.4, 0.5) is 0 Å². The largest absolute Gasteiger partial charge is 0.497 e. The van der Waals surface area contributed by atoms with Gasteiger partial charge in [0.2, 0.25) is 0 Å². The molecule has 7 nitrogen and oxygen atoms in total. The van der Waals surface area contributed by atoms with Gasteiger partial charge < -0.3 is 19.3 Å². The molecule has 1 aromatic carbocycles. The number of methoxy groups -OCH3 is 2. The van der Waals surface area contributed by atoms with Gasteiger partial charge >= 0.3 is 17.9 Å². The molecule has 0 radical (unpaired) electrons. The Morgan fingerprint density at radius 1 is 1.14 bits per heavy atom. The maximum absolute atomic E-state index is 11.7. The summed E-state index contributed by atoms with van der Waals surface area (Å²) in [5, 5.41) is 8.60. The van der Waals surface area contributed by atoms with Gasteiger partial charge in [0, 0.05) is 11.1 Å². The van der Waals surface area contributed by atoms with Crippen molar-refractivity contribution >= 4 is 17.9 Å². The highest BCUT2D eigenvalue weighted by atomic mass is 16.6. The lowest BCUT2D eigenvalue weighted by atomic mass is 10.1. The van der Waals surface area contributed by atoms with Gasteiger partial charge in [0.15, 0.2) is 0 Å². The van der Waals surface area contributed by atoms with Crippen LogP contribution in [0.15, 0.2) is 30.4 Å². The molecule has 0 spiro atoms. The summed E-state index contributed by atoms with van der Waals surface area (Å²) in [5.41, 5.74) is 0.133. The topological polar surface area (TPSA) is 99.1 Å². The summed E-state index contributed by atoms with van der Waals surface area (Å²) in [4.78, 5) is 33.7. The van der Waals surface area contributed by atoms with Crippen molar-refractivity contribution in [3.8, 4) is 11.5 Å². The fraction of sp³-hybridized carbons (Fsp3) is 0.267. The normalized spacial score (nSPS) is 9.73. The van der Waals surface area contributed by atoms with Crippen molar-refractivity contribution in [3.05, 3.63) is 35.9 Å². The Balaban J connectivity index is 2.70. The number of carboxylic acids is 1. The predicted octanol–water partition coefficient (Wildman–Crippen LogP) is 1.35. The molecule has 7 heteroatoms. The minimum Gasteiger partial charge on any atom is -0.497 e. The minimum atomic E-state index is -1.32. The van der Waals surface area contributed by atoms with Crippen LogP contribution in [-0.2, 0) is 25.5 Å². The van der Waals surface area contributed by atoms with Crippen LogP contribution in [0.25, 0.3) is 0 Å². The molecule has 0 aromatic heterocycles. The summed E-state index contributed by atoms with van der Waals surface area (Å²) in [6.07, 6.45) is -0.776. The molecule has 0 saturated carbocycles. The van der Waals surface area contributed by atoms with E-state index in [1.54, 1.807) is 18.2 Å². The van der Waals surface area contributed by atoms with Crippen LogP contribution in [-0.4, -0.2) is 37.2 Å². The van der Waals surface area contributed by atoms with Crippen molar-refractivity contribution in [2.45, 2.75) is 12.8 Å². The third kappa shape index (κ3) is 4.93. The van der Waals surface area contributed by atoms with Crippen LogP contribution >= 0.6 is 0 Å². The van der Waals surface area contributed by atoms with Gasteiger partial charge in [0.05, 0.1) is 27.1 Å². The number of carboxylic acid groups (broad SMARTS) is 1. The van der Waals surface area contributed by atoms with Crippen molar-refractivity contribution in [3.63, 3.8) is 0 Å². The molecule has 0 heterocycles. The Hall–Kier alpha value is -2.83. The Bertz CT molecular complexity index is 604. The first-order valence-electron chi connectivity index (χ1n) is 6.22. The molecule has 0 aliphatic heterocycles. The molecular formula is C15H16O7. The number of rotatable bonds is 7. The molecule has 0 atom stereocenters. The fourth-order valence-electron chi connectivity index (χ4n) is 1.62. The smallest absolute Gasteiger partial charge is 0.331 e. The van der Waals surface area contributed by atoms with Crippen molar-refractivity contribution in [2.24, 2.45) is 0 Å². The zero-order chi connectivity index (χ0) is 16.7. The number of carbonyl (C=O) groups excluding carboxylic acids is 2. The van der Waals surface area contributed by atoms with Gasteiger partial charge in [-0.05, 0) is 18.2 Å². The van der Waals surface area contributed by atoms with E-state index in [9.17, 15) is 14.4 Å². The molecule has 0 unspecified atom stereocenters. The summed E-state index contributed by atoms with van der Waals surface area (Å²) < 4.78 is 14.7. The Labute approximate surface area is 127 Å². The minimum absolute atomic E-state index is 0.217. The number of hydrogen-bond donors (Lipinski definition) is 1. The number of esters is 2. The molecule has 0 aliphatic carbocycles. The molecule has 0 fully saturated rings. The molecular weight excluding hydrogens is 292 g/mol. The van der Waals surface area contributed by atoms with E-state index in [0.29, 0.717) is 17.1 Å². The lowest BCUT2D eigenvalue weighted by molar-refractivity contribution is -0.159. The molecule has 1 rings (SSSR count).